The summed E-state index contributed by atoms with van der Waals surface area (Å²) in [7, 11) is 6.44. The van der Waals surface area contributed by atoms with E-state index in [-0.39, 0.29) is 17.7 Å². The van der Waals surface area contributed by atoms with Crippen LogP contribution in [0.1, 0.15) is 53.3 Å². The van der Waals surface area contributed by atoms with E-state index in [1.54, 1.807) is 31.0 Å². The second kappa shape index (κ2) is 26.9. The molecule has 3 fully saturated rings. The van der Waals surface area contributed by atoms with Crippen LogP contribution < -0.4 is 46.6 Å². The first-order valence-corrected chi connectivity index (χ1v) is 33.7. The molecule has 0 atom stereocenters. The van der Waals surface area contributed by atoms with Crippen molar-refractivity contribution in [2.75, 3.05) is 130 Å². The summed E-state index contributed by atoms with van der Waals surface area (Å²) in [6, 6.07) is 26.0. The third-order valence-electron chi connectivity index (χ3n) is 19.8. The summed E-state index contributed by atoms with van der Waals surface area (Å²) in [6.07, 6.45) is 20.2. The summed E-state index contributed by atoms with van der Waals surface area (Å²) < 4.78 is 0. The summed E-state index contributed by atoms with van der Waals surface area (Å²) >= 11 is 0. The lowest BCUT2D eigenvalue weighted by molar-refractivity contribution is 0.0958. The van der Waals surface area contributed by atoms with Crippen LogP contribution in [0.2, 0.25) is 0 Å². The van der Waals surface area contributed by atoms with Crippen LogP contribution in [0.4, 0.5) is 51.6 Å². The highest BCUT2D eigenvalue weighted by Crippen LogP contribution is 2.41. The Labute approximate surface area is 576 Å². The number of amides is 3. The molecule has 6 aliphatic heterocycles. The standard InChI is InChI=1S/C25H26N8O.C25H25N7O.C24H24N8O/c1-15-11-29-24-21(15)17(5-6-26-24)23-18-13-30-25(34)22(18)19(14-28-23)31-20-4-3-16(12-27-20)33-9-7-32(2)8-10-33;1-31-9-11-32(12-10-31)16-4-7-22(27-13-16)30-21-6-5-17(20-15-29-25(33)23(20)21)19-14-28-24-18(19)3-2-8-26-24;1-31-8-10-32(11-9-31)15-2-3-20(27-12-15)30-19-14-28-22(18-13-29-24(33)21(18)19)16-4-6-25-23-17(16)5-7-26-23/h3-6,11-12,14H,7-10,13H2,1-2H3,(H,26,29)(H,27,31)(H,30,34);2-8,13-14H,9-12,15H2,1H3,(H,26,28)(H,27,30)(H,29,33);2-7,12,14H,8-11,13H2,1H3,(H,25,26)(H,27,30)(H,29,33). The van der Waals surface area contributed by atoms with Crippen molar-refractivity contribution in [1.29, 1.82) is 0 Å². The molecule has 0 saturated carbocycles. The average Bonchev–Trinajstić information content (AvgIpc) is 1.71. The van der Waals surface area contributed by atoms with E-state index in [1.807, 2.05) is 98.7 Å². The number of aryl methyl sites for hydroxylation is 1. The van der Waals surface area contributed by atoms with E-state index < -0.39 is 0 Å². The monoisotopic (exact) mass is 1330 g/mol. The molecule has 26 nitrogen and oxygen atoms in total. The van der Waals surface area contributed by atoms with Gasteiger partial charge in [-0.1, -0.05) is 6.07 Å². The molecule has 0 radical (unpaired) electrons. The lowest BCUT2D eigenvalue weighted by atomic mass is 9.95. The number of hydrogen-bond acceptors (Lipinski definition) is 20. The molecule has 100 heavy (non-hydrogen) atoms. The number of pyridine rings is 8. The molecule has 1 aromatic carbocycles. The highest BCUT2D eigenvalue weighted by atomic mass is 16.2. The molecule has 12 aromatic rings. The fraction of sp³-hybridized carbons (Fsp3) is 0.257. The molecule has 26 heteroatoms. The maximum atomic E-state index is 12.8. The van der Waals surface area contributed by atoms with Gasteiger partial charge in [-0.25, -0.2) is 29.9 Å². The van der Waals surface area contributed by atoms with Crippen molar-refractivity contribution in [2.24, 2.45) is 0 Å². The molecule has 3 amide bonds. The summed E-state index contributed by atoms with van der Waals surface area (Å²) in [4.78, 5) is 98.4. The number of fused-ring (bicyclic) bond motifs is 6. The number of H-pyrrole nitrogens is 3. The first kappa shape index (κ1) is 62.9. The number of aromatic amines is 3. The molecule has 0 aliphatic carbocycles. The Morgan fingerprint density at radius 1 is 0.380 bits per heavy atom. The SMILES string of the molecule is CN1CCN(c2ccc(Nc3ccc(-c4c[nH]c5ncccc45)c4c3C(=O)NC4)nc2)CC1.CN1CCN(c2ccc(Nc3cnc(-c4ccnc5[nH]ccc45)c4c3C(=O)NC4)nc2)CC1.Cc1c[nH]c2nccc(-c3ncc(Nc4ccc(N5CCN(C)CC5)cn4)c4c3CNC4=O)c12. The first-order valence-electron chi connectivity index (χ1n) is 33.7. The van der Waals surface area contributed by atoms with Gasteiger partial charge in [0.15, 0.2) is 0 Å². The summed E-state index contributed by atoms with van der Waals surface area (Å²) in [5.74, 6) is 1.81. The van der Waals surface area contributed by atoms with Gasteiger partial charge in [-0.3, -0.25) is 24.4 Å². The van der Waals surface area contributed by atoms with E-state index in [2.05, 4.69) is 152 Å². The Morgan fingerprint density at radius 2 is 0.830 bits per heavy atom. The van der Waals surface area contributed by atoms with Crippen molar-refractivity contribution >= 4 is 102 Å². The van der Waals surface area contributed by atoms with Gasteiger partial charge in [0.25, 0.3) is 17.7 Å². The number of benzene rings is 1. The van der Waals surface area contributed by atoms with Gasteiger partial charge in [0.05, 0.1) is 93.2 Å². The van der Waals surface area contributed by atoms with E-state index in [0.717, 1.165) is 196 Å². The van der Waals surface area contributed by atoms with Gasteiger partial charge < -0.3 is 76.3 Å². The van der Waals surface area contributed by atoms with Gasteiger partial charge in [0.1, 0.15) is 34.4 Å². The largest absolute Gasteiger partial charge is 0.368 e. The molecule has 6 aliphatic rings. The molecular formula is C74H75N23O3. The van der Waals surface area contributed by atoms with Crippen LogP contribution in [0.5, 0.6) is 0 Å². The van der Waals surface area contributed by atoms with Crippen LogP contribution in [0.15, 0.2) is 147 Å². The number of piperazine rings is 3. The zero-order valence-electron chi connectivity index (χ0n) is 55.9. The third kappa shape index (κ3) is 12.3. The smallest absolute Gasteiger partial charge is 0.254 e. The first-order chi connectivity index (χ1) is 48.9. The number of rotatable bonds is 12. The predicted octanol–water partition coefficient (Wildman–Crippen LogP) is 9.19. The molecule has 11 aromatic heterocycles. The summed E-state index contributed by atoms with van der Waals surface area (Å²) in [5.41, 5.74) is 19.2. The van der Waals surface area contributed by atoms with Gasteiger partial charge in [-0.15, -0.1) is 0 Å². The van der Waals surface area contributed by atoms with Gasteiger partial charge in [0.2, 0.25) is 0 Å². The molecule has 18 rings (SSSR count). The quantitative estimate of drug-likeness (QED) is 0.0551. The Bertz CT molecular complexity index is 5060. The predicted molar refractivity (Wildman–Crippen MR) is 390 cm³/mol. The minimum Gasteiger partial charge on any atom is -0.368 e. The van der Waals surface area contributed by atoms with E-state index >= 15 is 0 Å². The topological polar surface area (TPSA) is 293 Å². The van der Waals surface area contributed by atoms with Crippen molar-refractivity contribution < 1.29 is 14.4 Å². The fourth-order valence-corrected chi connectivity index (χ4v) is 14.2. The third-order valence-corrected chi connectivity index (χ3v) is 19.8. The number of carbonyl (C=O) groups is 3. The molecule has 17 heterocycles. The number of carbonyl (C=O) groups excluding carboxylic acids is 3. The maximum Gasteiger partial charge on any atom is 0.254 e. The second-order valence-corrected chi connectivity index (χ2v) is 26.0. The number of aromatic nitrogens is 11. The molecule has 0 unspecified atom stereocenters. The number of hydrogen-bond donors (Lipinski definition) is 9. The van der Waals surface area contributed by atoms with Gasteiger partial charge in [0, 0.05) is 179 Å². The van der Waals surface area contributed by atoms with Gasteiger partial charge >= 0.3 is 0 Å². The van der Waals surface area contributed by atoms with Crippen molar-refractivity contribution in [3.63, 3.8) is 0 Å². The zero-order chi connectivity index (χ0) is 68.0. The lowest BCUT2D eigenvalue weighted by Crippen LogP contribution is -2.44. The minimum atomic E-state index is -0.107. The normalized spacial score (nSPS) is 16.1. The fourth-order valence-electron chi connectivity index (χ4n) is 14.2. The van der Waals surface area contributed by atoms with Crippen molar-refractivity contribution in [3.8, 4) is 33.6 Å². The van der Waals surface area contributed by atoms with Crippen molar-refractivity contribution in [1.82, 2.24) is 85.5 Å². The lowest BCUT2D eigenvalue weighted by Gasteiger charge is -2.33. The Kier molecular flexibility index (Phi) is 16.9. The number of nitrogens with zero attached hydrogens (tertiary/aromatic N) is 14. The maximum absolute atomic E-state index is 12.8. The van der Waals surface area contributed by atoms with Crippen molar-refractivity contribution in [3.05, 3.63) is 186 Å². The number of anilines is 9. The Morgan fingerprint density at radius 3 is 1.36 bits per heavy atom. The average molecular weight is 1330 g/mol. The van der Waals surface area contributed by atoms with Crippen LogP contribution >= 0.6 is 0 Å². The minimum absolute atomic E-state index is 0.0682. The second-order valence-electron chi connectivity index (χ2n) is 26.0. The van der Waals surface area contributed by atoms with E-state index in [9.17, 15) is 14.4 Å². The van der Waals surface area contributed by atoms with Gasteiger partial charge in [-0.2, -0.15) is 0 Å². The van der Waals surface area contributed by atoms with Crippen LogP contribution in [0, 0.1) is 6.92 Å². The van der Waals surface area contributed by atoms with E-state index in [1.165, 1.54) is 0 Å². The van der Waals surface area contributed by atoms with Crippen LogP contribution in [0.3, 0.4) is 0 Å². The van der Waals surface area contributed by atoms with Gasteiger partial charge in [-0.05, 0) is 118 Å². The number of nitrogens with one attached hydrogen (secondary N) is 9. The molecular weight excluding hydrogens is 1260 g/mol. The summed E-state index contributed by atoms with van der Waals surface area (Å²) in [6.45, 7) is 15.7. The molecule has 0 bridgehead atoms. The van der Waals surface area contributed by atoms with Crippen LogP contribution in [-0.4, -0.2) is 187 Å². The Hall–Kier alpha value is -11.9. The zero-order valence-corrected chi connectivity index (χ0v) is 55.9. The van der Waals surface area contributed by atoms with Crippen LogP contribution in [0.25, 0.3) is 66.7 Å². The molecule has 3 saturated heterocycles. The molecule has 504 valence electrons. The molecule has 0 spiro atoms. The summed E-state index contributed by atoms with van der Waals surface area (Å²) in [5, 5.41) is 21.9. The van der Waals surface area contributed by atoms with Crippen molar-refractivity contribution in [2.45, 2.75) is 26.6 Å². The molecule has 9 N–H and O–H groups in total. The van der Waals surface area contributed by atoms with E-state index in [4.69, 9.17) is 9.97 Å². The highest BCUT2D eigenvalue weighted by molar-refractivity contribution is 6.09. The van der Waals surface area contributed by atoms with Crippen LogP contribution in [-0.2, 0) is 19.6 Å². The van der Waals surface area contributed by atoms with E-state index in [0.29, 0.717) is 59.3 Å². The number of likely N-dealkylation sites (N-methyl/N-ethyl adjacent to an activating group) is 3. The highest BCUT2D eigenvalue weighted by Gasteiger charge is 2.32. The Balaban J connectivity index is 0.000000117.